The highest BCUT2D eigenvalue weighted by Crippen LogP contribution is 2.28. The van der Waals surface area contributed by atoms with Crippen molar-refractivity contribution in [1.29, 1.82) is 5.26 Å². The molecule has 20 heavy (non-hydrogen) atoms. The summed E-state index contributed by atoms with van der Waals surface area (Å²) in [6.45, 7) is 3.56. The van der Waals surface area contributed by atoms with E-state index < -0.39 is 4.92 Å². The van der Waals surface area contributed by atoms with E-state index in [1.165, 1.54) is 18.2 Å². The van der Waals surface area contributed by atoms with Crippen molar-refractivity contribution in [2.45, 2.75) is 19.1 Å². The smallest absolute Gasteiger partial charge is 0.311 e. The molecule has 0 aliphatic carbocycles. The van der Waals surface area contributed by atoms with Crippen LogP contribution in [0.3, 0.4) is 0 Å². The highest BCUT2D eigenvalue weighted by Gasteiger charge is 2.22. The second-order valence-corrected chi connectivity index (χ2v) is 4.59. The van der Waals surface area contributed by atoms with Gasteiger partial charge in [0, 0.05) is 25.2 Å². The normalized spacial score (nSPS) is 22.0. The molecule has 0 spiro atoms. The summed E-state index contributed by atoms with van der Waals surface area (Å²) in [7, 11) is 0. The van der Waals surface area contributed by atoms with E-state index in [2.05, 4.69) is 5.32 Å². The third kappa shape index (κ3) is 3.44. The van der Waals surface area contributed by atoms with Crippen LogP contribution in [0.1, 0.15) is 12.5 Å². The van der Waals surface area contributed by atoms with Crippen molar-refractivity contribution in [3.63, 3.8) is 0 Å². The molecule has 1 saturated heterocycles. The van der Waals surface area contributed by atoms with Crippen LogP contribution in [0.5, 0.6) is 5.75 Å². The van der Waals surface area contributed by atoms with Crippen LogP contribution in [0.15, 0.2) is 18.2 Å². The fourth-order valence-electron chi connectivity index (χ4n) is 2.00. The van der Waals surface area contributed by atoms with Gasteiger partial charge in [0.25, 0.3) is 0 Å². The molecule has 2 atom stereocenters. The molecule has 1 aromatic rings. The van der Waals surface area contributed by atoms with E-state index in [1.807, 2.05) is 13.0 Å². The number of benzene rings is 1. The van der Waals surface area contributed by atoms with Gasteiger partial charge in [-0.3, -0.25) is 10.1 Å². The molecule has 106 valence electrons. The summed E-state index contributed by atoms with van der Waals surface area (Å²) in [6.07, 6.45) is -0.0816. The van der Waals surface area contributed by atoms with E-state index in [4.69, 9.17) is 14.7 Å². The molecule has 2 rings (SSSR count). The average Bonchev–Trinajstić information content (AvgIpc) is 2.44. The Balaban J connectivity index is 2.07. The van der Waals surface area contributed by atoms with Crippen LogP contribution in [0.4, 0.5) is 5.69 Å². The predicted molar refractivity (Wildman–Crippen MR) is 70.5 cm³/mol. The topological polar surface area (TPSA) is 97.4 Å². The number of rotatable bonds is 4. The lowest BCUT2D eigenvalue weighted by atomic mass is 10.2. The Hall–Kier alpha value is -2.17. The van der Waals surface area contributed by atoms with Crippen LogP contribution in [-0.2, 0) is 4.74 Å². The molecule has 2 unspecified atom stereocenters. The number of nitrogens with one attached hydrogen (secondary N) is 1. The number of hydrogen-bond donors (Lipinski definition) is 1. The van der Waals surface area contributed by atoms with Crippen LogP contribution >= 0.6 is 0 Å². The number of nitriles is 1. The molecule has 1 heterocycles. The van der Waals surface area contributed by atoms with Gasteiger partial charge in [0.2, 0.25) is 0 Å². The molecule has 1 aromatic carbocycles. The molecular formula is C13H15N3O4. The predicted octanol–water partition coefficient (Wildman–Crippen LogP) is 1.22. The van der Waals surface area contributed by atoms with Crippen LogP contribution in [0.2, 0.25) is 0 Å². The van der Waals surface area contributed by atoms with E-state index in [0.717, 1.165) is 6.54 Å². The maximum absolute atomic E-state index is 10.9. The SMILES string of the molecule is CC1CNCC(COc2cc(C#N)ccc2[N+](=O)[O-])O1. The third-order valence-corrected chi connectivity index (χ3v) is 2.94. The molecule has 0 amide bonds. The number of nitro benzene ring substituents is 1. The molecule has 7 heteroatoms. The summed E-state index contributed by atoms with van der Waals surface area (Å²) in [5.41, 5.74) is 0.169. The van der Waals surface area contributed by atoms with Gasteiger partial charge < -0.3 is 14.8 Å². The zero-order valence-corrected chi connectivity index (χ0v) is 11.0. The molecule has 0 saturated carbocycles. The summed E-state index contributed by atoms with van der Waals surface area (Å²) in [4.78, 5) is 10.4. The Morgan fingerprint density at radius 1 is 1.60 bits per heavy atom. The summed E-state index contributed by atoms with van der Waals surface area (Å²) in [5.74, 6) is 0.0934. The summed E-state index contributed by atoms with van der Waals surface area (Å²) < 4.78 is 11.1. The highest BCUT2D eigenvalue weighted by molar-refractivity contribution is 5.51. The Bertz CT molecular complexity index is 541. The van der Waals surface area contributed by atoms with Gasteiger partial charge in [0.1, 0.15) is 12.7 Å². The molecule has 1 aliphatic heterocycles. The molecule has 0 bridgehead atoms. The summed E-state index contributed by atoms with van der Waals surface area (Å²) in [5, 5.41) is 22.9. The first kappa shape index (κ1) is 14.2. The minimum atomic E-state index is -0.529. The molecule has 0 aromatic heterocycles. The van der Waals surface area contributed by atoms with Crippen molar-refractivity contribution in [1.82, 2.24) is 5.32 Å². The monoisotopic (exact) mass is 277 g/mol. The molecule has 1 aliphatic rings. The quantitative estimate of drug-likeness (QED) is 0.656. The number of nitro groups is 1. The van der Waals surface area contributed by atoms with Crippen molar-refractivity contribution < 1.29 is 14.4 Å². The number of ether oxygens (including phenoxy) is 2. The van der Waals surface area contributed by atoms with E-state index in [0.29, 0.717) is 12.1 Å². The van der Waals surface area contributed by atoms with Crippen LogP contribution in [0.25, 0.3) is 0 Å². The van der Waals surface area contributed by atoms with Gasteiger partial charge in [0.05, 0.1) is 22.7 Å². The second kappa shape index (κ2) is 6.32. The fourth-order valence-corrected chi connectivity index (χ4v) is 2.00. The van der Waals surface area contributed by atoms with Gasteiger partial charge in [-0.05, 0) is 13.0 Å². The van der Waals surface area contributed by atoms with Crippen LogP contribution in [-0.4, -0.2) is 36.8 Å². The Kier molecular flexibility index (Phi) is 4.50. The minimum Gasteiger partial charge on any atom is -0.484 e. The molecule has 7 nitrogen and oxygen atoms in total. The van der Waals surface area contributed by atoms with Crippen LogP contribution in [0, 0.1) is 21.4 Å². The van der Waals surface area contributed by atoms with Crippen molar-refractivity contribution in [3.05, 3.63) is 33.9 Å². The standard InChI is InChI=1S/C13H15N3O4/c1-9-6-15-7-11(20-9)8-19-13-4-10(5-14)2-3-12(13)16(17)18/h2-4,9,11,15H,6-8H2,1H3. The Labute approximate surface area is 116 Å². The van der Waals surface area contributed by atoms with Crippen molar-refractivity contribution in [2.75, 3.05) is 19.7 Å². The average molecular weight is 277 g/mol. The minimum absolute atomic E-state index is 0.0813. The third-order valence-electron chi connectivity index (χ3n) is 2.94. The van der Waals surface area contributed by atoms with Gasteiger partial charge >= 0.3 is 5.69 Å². The first-order valence-corrected chi connectivity index (χ1v) is 6.27. The van der Waals surface area contributed by atoms with Crippen molar-refractivity contribution in [3.8, 4) is 11.8 Å². The zero-order chi connectivity index (χ0) is 14.5. The Morgan fingerprint density at radius 3 is 3.05 bits per heavy atom. The van der Waals surface area contributed by atoms with Gasteiger partial charge in [-0.25, -0.2) is 0 Å². The second-order valence-electron chi connectivity index (χ2n) is 4.59. The fraction of sp³-hybridized carbons (Fsp3) is 0.462. The van der Waals surface area contributed by atoms with Crippen molar-refractivity contribution in [2.24, 2.45) is 0 Å². The van der Waals surface area contributed by atoms with Gasteiger partial charge in [-0.1, -0.05) is 0 Å². The lowest BCUT2D eigenvalue weighted by molar-refractivity contribution is -0.386. The number of morpholine rings is 1. The molecule has 1 fully saturated rings. The largest absolute Gasteiger partial charge is 0.484 e. The molecule has 1 N–H and O–H groups in total. The van der Waals surface area contributed by atoms with Gasteiger partial charge in [0.15, 0.2) is 5.75 Å². The lowest BCUT2D eigenvalue weighted by Crippen LogP contribution is -2.45. The van der Waals surface area contributed by atoms with Gasteiger partial charge in [-0.2, -0.15) is 5.26 Å². The van der Waals surface area contributed by atoms with Crippen molar-refractivity contribution >= 4 is 5.69 Å². The van der Waals surface area contributed by atoms with E-state index >= 15 is 0 Å². The number of hydrogen-bond acceptors (Lipinski definition) is 6. The van der Waals surface area contributed by atoms with Gasteiger partial charge in [-0.15, -0.1) is 0 Å². The van der Waals surface area contributed by atoms with E-state index in [-0.39, 0.29) is 30.3 Å². The summed E-state index contributed by atoms with van der Waals surface area (Å²) in [6, 6.07) is 5.97. The highest BCUT2D eigenvalue weighted by atomic mass is 16.6. The maximum Gasteiger partial charge on any atom is 0.311 e. The van der Waals surface area contributed by atoms with E-state index in [9.17, 15) is 10.1 Å². The summed E-state index contributed by atoms with van der Waals surface area (Å²) >= 11 is 0. The lowest BCUT2D eigenvalue weighted by Gasteiger charge is -2.28. The zero-order valence-electron chi connectivity index (χ0n) is 11.0. The molecule has 0 radical (unpaired) electrons. The number of nitrogens with zero attached hydrogens (tertiary/aromatic N) is 2. The molecular weight excluding hydrogens is 262 g/mol. The maximum atomic E-state index is 10.9. The first-order chi connectivity index (χ1) is 9.60. The Morgan fingerprint density at radius 2 is 2.40 bits per heavy atom. The van der Waals surface area contributed by atoms with Crippen LogP contribution < -0.4 is 10.1 Å². The van der Waals surface area contributed by atoms with E-state index in [1.54, 1.807) is 0 Å². The first-order valence-electron chi connectivity index (χ1n) is 6.27.